The van der Waals surface area contributed by atoms with Gasteiger partial charge in [0.25, 0.3) is 5.56 Å². The van der Waals surface area contributed by atoms with Crippen LogP contribution in [0.2, 0.25) is 0 Å². The molecule has 2 aromatic carbocycles. The van der Waals surface area contributed by atoms with Gasteiger partial charge in [-0.15, -0.1) is 0 Å². The summed E-state index contributed by atoms with van der Waals surface area (Å²) in [6, 6.07) is 14.8. The smallest absolute Gasteiger partial charge is 0.343 e. The Hall–Kier alpha value is -2.93. The van der Waals surface area contributed by atoms with Crippen LogP contribution in [0.3, 0.4) is 0 Å². The lowest BCUT2D eigenvalue weighted by molar-refractivity contribution is -0.140. The Labute approximate surface area is 218 Å². The zero-order valence-corrected chi connectivity index (χ0v) is 21.8. The van der Waals surface area contributed by atoms with Gasteiger partial charge in [-0.3, -0.25) is 9.59 Å². The van der Waals surface area contributed by atoms with Crippen LogP contribution < -0.4 is 10.9 Å². The third-order valence-corrected chi connectivity index (χ3v) is 9.09. The Morgan fingerprint density at radius 2 is 1.67 bits per heavy atom. The predicted octanol–water partition coefficient (Wildman–Crippen LogP) is 5.75. The summed E-state index contributed by atoms with van der Waals surface area (Å²) in [6.45, 7) is 0.291. The lowest BCUT2D eigenvalue weighted by Crippen LogP contribution is -2.51. The van der Waals surface area contributed by atoms with Crippen LogP contribution >= 0.6 is 15.9 Å². The van der Waals surface area contributed by atoms with Crippen LogP contribution in [-0.4, -0.2) is 23.6 Å². The van der Waals surface area contributed by atoms with Gasteiger partial charge >= 0.3 is 5.97 Å². The molecular weight excluding hydrogens is 520 g/mol. The number of carbonyl (C=O) groups is 2. The van der Waals surface area contributed by atoms with E-state index in [1.807, 2.05) is 42.5 Å². The zero-order valence-electron chi connectivity index (χ0n) is 20.3. The van der Waals surface area contributed by atoms with E-state index < -0.39 is 11.5 Å². The van der Waals surface area contributed by atoms with E-state index in [4.69, 9.17) is 4.74 Å². The molecule has 186 valence electrons. The van der Waals surface area contributed by atoms with Gasteiger partial charge in [-0.25, -0.2) is 4.79 Å². The third-order valence-electron chi connectivity index (χ3n) is 8.57. The molecule has 3 aromatic rings. The van der Waals surface area contributed by atoms with Crippen LogP contribution in [0.4, 0.5) is 5.69 Å². The van der Waals surface area contributed by atoms with E-state index in [9.17, 15) is 14.4 Å². The first-order valence-electron chi connectivity index (χ1n) is 12.7. The third kappa shape index (κ3) is 3.97. The second kappa shape index (κ2) is 8.87. The Morgan fingerprint density at radius 1 is 1.03 bits per heavy atom. The molecular formula is C29H29BrN2O4. The molecule has 0 spiro atoms. The summed E-state index contributed by atoms with van der Waals surface area (Å²) in [5.41, 5.74) is 1.46. The minimum atomic E-state index is -0.686. The minimum absolute atomic E-state index is 0.0429. The van der Waals surface area contributed by atoms with Gasteiger partial charge in [-0.05, 0) is 92.2 Å². The van der Waals surface area contributed by atoms with Crippen LogP contribution in [0.25, 0.3) is 10.9 Å². The van der Waals surface area contributed by atoms with E-state index in [2.05, 4.69) is 21.2 Å². The highest BCUT2D eigenvalue weighted by atomic mass is 79.9. The van der Waals surface area contributed by atoms with Crippen LogP contribution in [0.15, 0.2) is 57.8 Å². The highest BCUT2D eigenvalue weighted by Gasteiger charge is 2.54. The van der Waals surface area contributed by atoms with Crippen molar-refractivity contribution in [2.45, 2.75) is 45.1 Å². The number of carbonyl (C=O) groups excluding carboxylic acids is 2. The Kier molecular flexibility index (Phi) is 5.78. The maximum Gasteiger partial charge on any atom is 0.343 e. The first-order valence-corrected chi connectivity index (χ1v) is 13.5. The number of ether oxygens (including phenoxy) is 1. The molecule has 0 unspecified atom stereocenters. The molecule has 0 radical (unpaired) electrons. The molecule has 6 nitrogen and oxygen atoms in total. The lowest BCUT2D eigenvalue weighted by Gasteiger charge is -2.55. The topological polar surface area (TPSA) is 77.4 Å². The summed E-state index contributed by atoms with van der Waals surface area (Å²) in [5, 5.41) is 3.89. The molecule has 1 heterocycles. The maximum atomic E-state index is 13.8. The summed E-state index contributed by atoms with van der Waals surface area (Å²) in [7, 11) is 1.27. The molecule has 1 aromatic heterocycles. The molecule has 0 aliphatic heterocycles. The number of anilines is 1. The van der Waals surface area contributed by atoms with Crippen molar-refractivity contribution in [2.75, 3.05) is 12.4 Å². The summed E-state index contributed by atoms with van der Waals surface area (Å²) in [6.07, 6.45) is 6.72. The minimum Gasteiger partial charge on any atom is -0.465 e. The Bertz CT molecular complexity index is 1390. The van der Waals surface area contributed by atoms with Gasteiger partial charge in [0.05, 0.1) is 30.3 Å². The largest absolute Gasteiger partial charge is 0.465 e. The van der Waals surface area contributed by atoms with Gasteiger partial charge < -0.3 is 14.6 Å². The second-order valence-corrected chi connectivity index (χ2v) is 11.9. The summed E-state index contributed by atoms with van der Waals surface area (Å²) < 4.78 is 7.46. The number of hydrogen-bond acceptors (Lipinski definition) is 4. The van der Waals surface area contributed by atoms with Crippen molar-refractivity contribution in [1.82, 2.24) is 4.57 Å². The van der Waals surface area contributed by atoms with Crippen molar-refractivity contribution in [3.63, 3.8) is 0 Å². The molecule has 36 heavy (non-hydrogen) atoms. The molecule has 4 aliphatic rings. The van der Waals surface area contributed by atoms with E-state index in [-0.39, 0.29) is 16.9 Å². The highest BCUT2D eigenvalue weighted by Crippen LogP contribution is 2.60. The van der Waals surface area contributed by atoms with Crippen molar-refractivity contribution in [2.24, 2.45) is 23.2 Å². The predicted molar refractivity (Wildman–Crippen MR) is 142 cm³/mol. The molecule has 4 aliphatic carbocycles. The summed E-state index contributed by atoms with van der Waals surface area (Å²) in [5.74, 6) is 1.39. The van der Waals surface area contributed by atoms with Gasteiger partial charge in [0.2, 0.25) is 5.91 Å². The molecule has 1 amide bonds. The zero-order chi connectivity index (χ0) is 25.0. The van der Waals surface area contributed by atoms with Crippen molar-refractivity contribution < 1.29 is 14.3 Å². The molecule has 4 bridgehead atoms. The number of fused-ring (bicyclic) bond motifs is 1. The van der Waals surface area contributed by atoms with Crippen LogP contribution in [0, 0.1) is 23.2 Å². The van der Waals surface area contributed by atoms with E-state index in [1.54, 1.807) is 10.6 Å². The quantitative estimate of drug-likeness (QED) is 0.411. The molecule has 0 saturated heterocycles. The number of pyridine rings is 1. The molecule has 7 heteroatoms. The average molecular weight is 549 g/mol. The normalized spacial score (nSPS) is 26.2. The Morgan fingerprint density at radius 3 is 2.28 bits per heavy atom. The number of aromatic nitrogens is 1. The number of rotatable bonds is 5. The van der Waals surface area contributed by atoms with Gasteiger partial charge in [-0.1, -0.05) is 34.1 Å². The number of amides is 1. The SMILES string of the molecule is COC(=O)c1cc2c(NC(=O)C34CC5CC(CC(C5)C3)C4)cccc2n(Cc2ccc(Br)cc2)c1=O. The Balaban J connectivity index is 1.42. The fourth-order valence-corrected chi connectivity index (χ4v) is 7.60. The van der Waals surface area contributed by atoms with Crippen LogP contribution in [0.5, 0.6) is 0 Å². The number of benzene rings is 2. The number of methoxy groups -OCH3 is 1. The van der Waals surface area contributed by atoms with Gasteiger partial charge in [0, 0.05) is 9.86 Å². The van der Waals surface area contributed by atoms with Crippen molar-refractivity contribution in [1.29, 1.82) is 0 Å². The standard InChI is InChI=1S/C29H29BrN2O4/c1-36-27(34)23-12-22-24(31-28(35)29-13-18-9-19(14-29)11-20(10-18)15-29)3-2-4-25(22)32(26(23)33)16-17-5-7-21(30)8-6-17/h2-8,12,18-20H,9-11,13-16H2,1H3,(H,31,35). The van der Waals surface area contributed by atoms with Crippen LogP contribution in [-0.2, 0) is 16.1 Å². The number of esters is 1. The number of hydrogen-bond donors (Lipinski definition) is 1. The highest BCUT2D eigenvalue weighted by molar-refractivity contribution is 9.10. The second-order valence-electron chi connectivity index (χ2n) is 11.0. The first-order chi connectivity index (χ1) is 17.3. The fourth-order valence-electron chi connectivity index (χ4n) is 7.34. The van der Waals surface area contributed by atoms with E-state index >= 15 is 0 Å². The summed E-state index contributed by atoms with van der Waals surface area (Å²) >= 11 is 3.44. The fraction of sp³-hybridized carbons (Fsp3) is 0.414. The number of nitrogens with one attached hydrogen (secondary N) is 1. The molecule has 4 saturated carbocycles. The molecule has 4 fully saturated rings. The molecule has 0 atom stereocenters. The van der Waals surface area contributed by atoms with Crippen molar-refractivity contribution in [3.8, 4) is 0 Å². The van der Waals surface area contributed by atoms with Crippen molar-refractivity contribution in [3.05, 3.63) is 74.5 Å². The first kappa shape index (κ1) is 23.5. The summed E-state index contributed by atoms with van der Waals surface area (Å²) in [4.78, 5) is 39.7. The monoisotopic (exact) mass is 548 g/mol. The van der Waals surface area contributed by atoms with Crippen molar-refractivity contribution >= 4 is 44.4 Å². The van der Waals surface area contributed by atoms with Gasteiger partial charge in [-0.2, -0.15) is 0 Å². The van der Waals surface area contributed by atoms with E-state index in [0.29, 0.717) is 40.9 Å². The number of nitrogens with zero attached hydrogens (tertiary/aromatic N) is 1. The van der Waals surface area contributed by atoms with E-state index in [0.717, 1.165) is 29.3 Å². The molecule has 7 rings (SSSR count). The lowest BCUT2D eigenvalue weighted by atomic mass is 9.49. The van der Waals surface area contributed by atoms with Gasteiger partial charge in [0.15, 0.2) is 0 Å². The maximum absolute atomic E-state index is 13.8. The van der Waals surface area contributed by atoms with E-state index in [1.165, 1.54) is 26.4 Å². The molecule has 1 N–H and O–H groups in total. The number of halogens is 1. The average Bonchev–Trinajstić information content (AvgIpc) is 2.85. The van der Waals surface area contributed by atoms with Gasteiger partial charge in [0.1, 0.15) is 5.56 Å². The van der Waals surface area contributed by atoms with Crippen LogP contribution in [0.1, 0.15) is 54.4 Å².